The van der Waals surface area contributed by atoms with Crippen LogP contribution >= 0.6 is 0 Å². The Bertz CT molecular complexity index is 853. The van der Waals surface area contributed by atoms with Crippen molar-refractivity contribution >= 4 is 28.8 Å². The fraction of sp³-hybridized carbons (Fsp3) is 0.500. The van der Waals surface area contributed by atoms with Crippen molar-refractivity contribution in [1.82, 2.24) is 10.3 Å². The average molecular weight is 377 g/mol. The molecule has 1 amide bonds. The minimum atomic E-state index is -0.928. The predicted octanol–water partition coefficient (Wildman–Crippen LogP) is 2.39. The molecular weight excluding hydrogens is 352 g/mol. The largest absolute Gasteiger partial charge is 0.464 e. The molecule has 0 saturated heterocycles. The Morgan fingerprint density at radius 2 is 2.04 bits per heavy atom. The molecule has 0 spiro atoms. The van der Waals surface area contributed by atoms with Crippen molar-refractivity contribution in [2.75, 3.05) is 6.61 Å². The van der Waals surface area contributed by atoms with Gasteiger partial charge in [-0.3, -0.25) is 0 Å². The van der Waals surface area contributed by atoms with Crippen LogP contribution in [-0.4, -0.2) is 35.3 Å². The zero-order chi connectivity index (χ0) is 20.2. The molecule has 2 N–H and O–H groups in total. The number of fused-ring (bicyclic) bond motifs is 1. The van der Waals surface area contributed by atoms with Crippen molar-refractivity contribution in [1.29, 1.82) is 0 Å². The average Bonchev–Trinajstić information content (AvgIpc) is 2.88. The van der Waals surface area contributed by atoms with Gasteiger partial charge in [0, 0.05) is 6.07 Å². The van der Waals surface area contributed by atoms with Crippen LogP contribution in [0.25, 0.3) is 11.0 Å². The lowest BCUT2D eigenvalue weighted by molar-refractivity contribution is -0.652. The van der Waals surface area contributed by atoms with E-state index in [4.69, 9.17) is 9.47 Å². The zero-order valence-electron chi connectivity index (χ0n) is 16.2. The van der Waals surface area contributed by atoms with Gasteiger partial charge in [-0.15, -0.1) is 4.91 Å². The highest BCUT2D eigenvalue weighted by molar-refractivity contribution is 5.82. The maximum Gasteiger partial charge on any atom is 0.408 e. The SMILES string of the molecule is CCOC(=O)[C@H](Cc1[nH]c2cc(N=O)ccc2[n+]1C)NC(=O)OC(C)(C)C. The van der Waals surface area contributed by atoms with Crippen molar-refractivity contribution in [3.05, 3.63) is 28.9 Å². The standard InChI is InChI=1S/C18H24N4O5/c1-6-26-16(23)13(20-17(24)27-18(2,3)4)10-15-19-12-9-11(21-25)7-8-14(12)22(15)5/h7-9,13H,6,10H2,1-5H3,(H,20,24)/p+1/t13-/m0/s1. The van der Waals surface area contributed by atoms with Crippen molar-refractivity contribution in [3.63, 3.8) is 0 Å². The first-order valence-electron chi connectivity index (χ1n) is 8.64. The van der Waals surface area contributed by atoms with Gasteiger partial charge < -0.3 is 14.8 Å². The zero-order valence-corrected chi connectivity index (χ0v) is 16.2. The van der Waals surface area contributed by atoms with Crippen LogP contribution < -0.4 is 9.88 Å². The van der Waals surface area contributed by atoms with Crippen LogP contribution in [0.1, 0.15) is 33.5 Å². The number of nitroso groups, excluding NO2 is 1. The number of carbonyl (C=O) groups excluding carboxylic acids is 2. The number of hydrogen-bond donors (Lipinski definition) is 2. The van der Waals surface area contributed by atoms with Crippen LogP contribution in [0, 0.1) is 4.91 Å². The number of rotatable bonds is 6. The maximum atomic E-state index is 12.3. The number of amides is 1. The lowest BCUT2D eigenvalue weighted by Gasteiger charge is -2.22. The van der Waals surface area contributed by atoms with Gasteiger partial charge in [-0.05, 0) is 45.0 Å². The van der Waals surface area contributed by atoms with Crippen LogP contribution in [-0.2, 0) is 27.7 Å². The van der Waals surface area contributed by atoms with Crippen molar-refractivity contribution in [2.24, 2.45) is 12.2 Å². The topological polar surface area (TPSA) is 114 Å². The smallest absolute Gasteiger partial charge is 0.408 e. The highest BCUT2D eigenvalue weighted by Gasteiger charge is 2.30. The molecule has 1 atom stereocenters. The van der Waals surface area contributed by atoms with Gasteiger partial charge in [0.1, 0.15) is 17.3 Å². The number of hydrogen-bond acceptors (Lipinski definition) is 6. The maximum absolute atomic E-state index is 12.3. The third kappa shape index (κ3) is 5.25. The third-order valence-corrected chi connectivity index (χ3v) is 3.79. The van der Waals surface area contributed by atoms with Crippen molar-refractivity contribution in [3.8, 4) is 0 Å². The van der Waals surface area contributed by atoms with E-state index in [2.05, 4.69) is 15.5 Å². The minimum Gasteiger partial charge on any atom is -0.464 e. The molecule has 0 saturated carbocycles. The number of esters is 1. The highest BCUT2D eigenvalue weighted by atomic mass is 16.6. The summed E-state index contributed by atoms with van der Waals surface area (Å²) in [6, 6.07) is 4.05. The molecule has 27 heavy (non-hydrogen) atoms. The summed E-state index contributed by atoms with van der Waals surface area (Å²) in [6.45, 7) is 7.10. The van der Waals surface area contributed by atoms with E-state index >= 15 is 0 Å². The Hall–Kier alpha value is -2.97. The number of H-pyrrole nitrogens is 1. The lowest BCUT2D eigenvalue weighted by atomic mass is 10.2. The molecule has 1 aromatic carbocycles. The molecule has 0 aliphatic carbocycles. The van der Waals surface area contributed by atoms with E-state index in [0.29, 0.717) is 17.0 Å². The normalized spacial score (nSPS) is 12.5. The second kappa shape index (κ2) is 8.15. The van der Waals surface area contributed by atoms with Crippen molar-refractivity contribution < 1.29 is 23.6 Å². The monoisotopic (exact) mass is 377 g/mol. The first kappa shape index (κ1) is 20.3. The molecule has 2 aromatic rings. The molecule has 0 bridgehead atoms. The van der Waals surface area contributed by atoms with Crippen LogP contribution in [0.4, 0.5) is 10.5 Å². The molecule has 0 fully saturated rings. The third-order valence-electron chi connectivity index (χ3n) is 3.79. The number of aromatic amines is 1. The Balaban J connectivity index is 2.27. The van der Waals surface area contributed by atoms with Gasteiger partial charge in [-0.25, -0.2) is 19.1 Å². The summed E-state index contributed by atoms with van der Waals surface area (Å²) in [7, 11) is 1.82. The number of aromatic nitrogens is 2. The summed E-state index contributed by atoms with van der Waals surface area (Å²) in [6.07, 6.45) is -0.542. The van der Waals surface area contributed by atoms with Crippen LogP contribution in [0.5, 0.6) is 0 Å². The molecule has 146 valence electrons. The van der Waals surface area contributed by atoms with Gasteiger partial charge in [0.05, 0.1) is 20.1 Å². The van der Waals surface area contributed by atoms with E-state index < -0.39 is 23.7 Å². The number of nitrogens with zero attached hydrogens (tertiary/aromatic N) is 2. The van der Waals surface area contributed by atoms with Crippen molar-refractivity contribution in [2.45, 2.75) is 45.8 Å². The van der Waals surface area contributed by atoms with Gasteiger partial charge in [-0.2, -0.15) is 0 Å². The fourth-order valence-corrected chi connectivity index (χ4v) is 2.63. The van der Waals surface area contributed by atoms with Gasteiger partial charge >= 0.3 is 12.1 Å². The number of imidazole rings is 1. The van der Waals surface area contributed by atoms with Gasteiger partial charge in [0.2, 0.25) is 0 Å². The first-order valence-corrected chi connectivity index (χ1v) is 8.64. The number of ether oxygens (including phenoxy) is 2. The quantitative estimate of drug-likeness (QED) is 0.456. The molecule has 0 unspecified atom stereocenters. The lowest BCUT2D eigenvalue weighted by Crippen LogP contribution is -2.47. The molecule has 9 nitrogen and oxygen atoms in total. The molecule has 0 aliphatic rings. The summed E-state index contributed by atoms with van der Waals surface area (Å²) in [5.41, 5.74) is 1.14. The Kier molecular flexibility index (Phi) is 6.14. The molecule has 0 aliphatic heterocycles. The van der Waals surface area contributed by atoms with Gasteiger partial charge in [0.15, 0.2) is 11.0 Å². The predicted molar refractivity (Wildman–Crippen MR) is 98.4 cm³/mol. The molecular formula is C18H25N4O5+. The summed E-state index contributed by atoms with van der Waals surface area (Å²) < 4.78 is 12.1. The summed E-state index contributed by atoms with van der Waals surface area (Å²) in [4.78, 5) is 38.3. The number of aryl methyl sites for hydroxylation is 1. The molecule has 0 radical (unpaired) electrons. The van der Waals surface area contributed by atoms with E-state index in [0.717, 1.165) is 5.52 Å². The fourth-order valence-electron chi connectivity index (χ4n) is 2.63. The second-order valence-corrected chi connectivity index (χ2v) is 7.08. The van der Waals surface area contributed by atoms with Gasteiger partial charge in [0.25, 0.3) is 5.82 Å². The number of benzene rings is 1. The highest BCUT2D eigenvalue weighted by Crippen LogP contribution is 2.18. The van der Waals surface area contributed by atoms with Gasteiger partial charge in [-0.1, -0.05) is 0 Å². The molecule has 1 aromatic heterocycles. The Labute approximate surface area is 157 Å². The second-order valence-electron chi connectivity index (χ2n) is 7.08. The molecule has 9 heteroatoms. The molecule has 2 rings (SSSR count). The summed E-state index contributed by atoms with van der Waals surface area (Å²) >= 11 is 0. The number of alkyl carbamates (subject to hydrolysis) is 1. The van der Waals surface area contributed by atoms with Crippen LogP contribution in [0.15, 0.2) is 23.4 Å². The number of nitrogens with one attached hydrogen (secondary N) is 2. The Morgan fingerprint density at radius 1 is 1.33 bits per heavy atom. The van der Waals surface area contributed by atoms with E-state index in [1.807, 2.05) is 11.6 Å². The molecule has 1 heterocycles. The van der Waals surface area contributed by atoms with E-state index in [9.17, 15) is 14.5 Å². The van der Waals surface area contributed by atoms with E-state index in [-0.39, 0.29) is 13.0 Å². The minimum absolute atomic E-state index is 0.160. The number of carbonyl (C=O) groups is 2. The summed E-state index contributed by atoms with van der Waals surface area (Å²) in [5, 5.41) is 5.48. The van der Waals surface area contributed by atoms with E-state index in [1.54, 1.807) is 45.9 Å². The van der Waals surface area contributed by atoms with Crippen LogP contribution in [0.3, 0.4) is 0 Å². The first-order chi connectivity index (χ1) is 12.6. The van der Waals surface area contributed by atoms with E-state index in [1.165, 1.54) is 0 Å². The van der Waals surface area contributed by atoms with Crippen LogP contribution in [0.2, 0.25) is 0 Å². The Morgan fingerprint density at radius 3 is 2.63 bits per heavy atom. The summed E-state index contributed by atoms with van der Waals surface area (Å²) in [5.74, 6) is 0.111.